The minimum atomic E-state index is -3.24. The molecule has 112 valence electrons. The highest BCUT2D eigenvalue weighted by Crippen LogP contribution is 2.26. The first kappa shape index (κ1) is 15.8. The Morgan fingerprint density at radius 2 is 2.00 bits per heavy atom. The molecule has 1 heterocycles. The number of rotatable bonds is 4. The molecule has 1 fully saturated rings. The van der Waals surface area contributed by atoms with E-state index in [-0.39, 0.29) is 17.0 Å². The molecule has 5 heteroatoms. The SMILES string of the molecule is CC(CS(=O)(=O)N1CCC(C)C(Cl)C1)c1ccccc1. The van der Waals surface area contributed by atoms with E-state index >= 15 is 0 Å². The highest BCUT2D eigenvalue weighted by atomic mass is 35.5. The third kappa shape index (κ3) is 3.74. The van der Waals surface area contributed by atoms with Gasteiger partial charge in [0.2, 0.25) is 10.0 Å². The standard InChI is InChI=1S/C15H22ClNO2S/c1-12-8-9-17(10-15(12)16)20(18,19)11-13(2)14-6-4-3-5-7-14/h3-7,12-13,15H,8-11H2,1-2H3. The number of sulfonamides is 1. The van der Waals surface area contributed by atoms with Crippen LogP contribution in [0.5, 0.6) is 0 Å². The fourth-order valence-electron chi connectivity index (χ4n) is 2.55. The van der Waals surface area contributed by atoms with Crippen molar-refractivity contribution in [3.05, 3.63) is 35.9 Å². The molecule has 1 saturated heterocycles. The molecular formula is C15H22ClNO2S. The first-order valence-electron chi connectivity index (χ1n) is 7.07. The first-order valence-corrected chi connectivity index (χ1v) is 9.11. The summed E-state index contributed by atoms with van der Waals surface area (Å²) in [5, 5.41) is -0.0782. The highest BCUT2D eigenvalue weighted by Gasteiger charge is 2.32. The van der Waals surface area contributed by atoms with Gasteiger partial charge in [-0.15, -0.1) is 11.6 Å². The third-order valence-electron chi connectivity index (χ3n) is 4.05. The maximum Gasteiger partial charge on any atom is 0.214 e. The molecule has 0 bridgehead atoms. The maximum atomic E-state index is 12.5. The van der Waals surface area contributed by atoms with Gasteiger partial charge < -0.3 is 0 Å². The van der Waals surface area contributed by atoms with E-state index in [2.05, 4.69) is 6.92 Å². The summed E-state index contributed by atoms with van der Waals surface area (Å²) in [5.74, 6) is 0.527. The molecule has 0 N–H and O–H groups in total. The van der Waals surface area contributed by atoms with Gasteiger partial charge in [-0.25, -0.2) is 12.7 Å². The largest absolute Gasteiger partial charge is 0.214 e. The summed E-state index contributed by atoms with van der Waals surface area (Å²) in [5.41, 5.74) is 1.06. The number of benzene rings is 1. The first-order chi connectivity index (χ1) is 9.40. The minimum Gasteiger partial charge on any atom is -0.212 e. The second-order valence-electron chi connectivity index (χ2n) is 5.73. The van der Waals surface area contributed by atoms with Crippen LogP contribution in [0.1, 0.15) is 31.7 Å². The van der Waals surface area contributed by atoms with E-state index < -0.39 is 10.0 Å². The van der Waals surface area contributed by atoms with Gasteiger partial charge in [0.05, 0.1) is 5.75 Å². The van der Waals surface area contributed by atoms with Crippen LogP contribution in [-0.2, 0) is 10.0 Å². The number of halogens is 1. The molecule has 1 aromatic rings. The average Bonchev–Trinajstić information content (AvgIpc) is 2.42. The molecule has 1 aromatic carbocycles. The lowest BCUT2D eigenvalue weighted by molar-refractivity contribution is 0.293. The molecule has 2 rings (SSSR count). The Labute approximate surface area is 127 Å². The van der Waals surface area contributed by atoms with Crippen molar-refractivity contribution in [2.45, 2.75) is 31.6 Å². The van der Waals surface area contributed by atoms with E-state index in [1.807, 2.05) is 37.3 Å². The van der Waals surface area contributed by atoms with Gasteiger partial charge in [-0.1, -0.05) is 44.2 Å². The molecule has 0 spiro atoms. The number of nitrogens with zero attached hydrogens (tertiary/aromatic N) is 1. The molecule has 3 unspecified atom stereocenters. The van der Waals surface area contributed by atoms with Crippen molar-refractivity contribution in [3.63, 3.8) is 0 Å². The van der Waals surface area contributed by atoms with E-state index in [9.17, 15) is 8.42 Å². The van der Waals surface area contributed by atoms with Crippen molar-refractivity contribution in [1.82, 2.24) is 4.31 Å². The molecule has 0 amide bonds. The molecule has 20 heavy (non-hydrogen) atoms. The molecular weight excluding hydrogens is 294 g/mol. The summed E-state index contributed by atoms with van der Waals surface area (Å²) in [4.78, 5) is 0. The Morgan fingerprint density at radius 3 is 2.60 bits per heavy atom. The molecule has 3 nitrogen and oxygen atoms in total. The molecule has 0 aromatic heterocycles. The fourth-order valence-corrected chi connectivity index (χ4v) is 4.73. The normalized spacial score (nSPS) is 26.4. The number of hydrogen-bond acceptors (Lipinski definition) is 2. The second-order valence-corrected chi connectivity index (χ2v) is 8.30. The van der Waals surface area contributed by atoms with Gasteiger partial charge in [0, 0.05) is 18.5 Å². The van der Waals surface area contributed by atoms with Crippen LogP contribution < -0.4 is 0 Å². The molecule has 1 aliphatic rings. The summed E-state index contributed by atoms with van der Waals surface area (Å²) in [6.07, 6.45) is 0.840. The lowest BCUT2D eigenvalue weighted by atomic mass is 10.0. The number of hydrogen-bond donors (Lipinski definition) is 0. The van der Waals surface area contributed by atoms with Crippen LogP contribution in [0.3, 0.4) is 0 Å². The van der Waals surface area contributed by atoms with E-state index in [0.717, 1.165) is 12.0 Å². The zero-order valence-corrected chi connectivity index (χ0v) is 13.6. The Bertz CT molecular complexity index is 532. The van der Waals surface area contributed by atoms with Crippen LogP contribution >= 0.6 is 11.6 Å². The van der Waals surface area contributed by atoms with Crippen molar-refractivity contribution >= 4 is 21.6 Å². The lowest BCUT2D eigenvalue weighted by Crippen LogP contribution is -2.45. The molecule has 1 aliphatic heterocycles. The van der Waals surface area contributed by atoms with Crippen molar-refractivity contribution in [3.8, 4) is 0 Å². The Morgan fingerprint density at radius 1 is 1.35 bits per heavy atom. The van der Waals surface area contributed by atoms with Crippen molar-refractivity contribution in [1.29, 1.82) is 0 Å². The molecule has 0 aliphatic carbocycles. The van der Waals surface area contributed by atoms with Gasteiger partial charge in [-0.05, 0) is 23.8 Å². The van der Waals surface area contributed by atoms with Crippen LogP contribution in [0.2, 0.25) is 0 Å². The van der Waals surface area contributed by atoms with E-state index in [1.165, 1.54) is 0 Å². The monoisotopic (exact) mass is 315 g/mol. The van der Waals surface area contributed by atoms with Crippen molar-refractivity contribution < 1.29 is 8.42 Å². The quantitative estimate of drug-likeness (QED) is 0.801. The number of piperidine rings is 1. The highest BCUT2D eigenvalue weighted by molar-refractivity contribution is 7.89. The van der Waals surface area contributed by atoms with Gasteiger partial charge in [-0.2, -0.15) is 0 Å². The number of alkyl halides is 1. The summed E-state index contributed by atoms with van der Waals surface area (Å²) in [7, 11) is -3.24. The van der Waals surface area contributed by atoms with Crippen molar-refractivity contribution in [2.24, 2.45) is 5.92 Å². The predicted octanol–water partition coefficient (Wildman–Crippen LogP) is 3.07. The third-order valence-corrected chi connectivity index (χ3v) is 6.66. The molecule has 0 saturated carbocycles. The van der Waals surface area contributed by atoms with E-state index in [1.54, 1.807) is 4.31 Å². The summed E-state index contributed by atoms with van der Waals surface area (Å²) < 4.78 is 26.5. The van der Waals surface area contributed by atoms with Crippen LogP contribution in [0.15, 0.2) is 30.3 Å². The Hall–Kier alpha value is -0.580. The van der Waals surface area contributed by atoms with Crippen LogP contribution in [0.25, 0.3) is 0 Å². The van der Waals surface area contributed by atoms with Crippen LogP contribution in [0, 0.1) is 5.92 Å². The Kier molecular flexibility index (Phi) is 5.10. The van der Waals surface area contributed by atoms with E-state index in [4.69, 9.17) is 11.6 Å². The van der Waals surface area contributed by atoms with Gasteiger partial charge >= 0.3 is 0 Å². The summed E-state index contributed by atoms with van der Waals surface area (Å²) in [6.45, 7) is 5.06. The van der Waals surface area contributed by atoms with Gasteiger partial charge in [0.15, 0.2) is 0 Å². The van der Waals surface area contributed by atoms with Gasteiger partial charge in [0.1, 0.15) is 0 Å². The Balaban J connectivity index is 2.04. The predicted molar refractivity (Wildman–Crippen MR) is 83.6 cm³/mol. The lowest BCUT2D eigenvalue weighted by Gasteiger charge is -2.33. The minimum absolute atomic E-state index is 0.00525. The summed E-state index contributed by atoms with van der Waals surface area (Å²) >= 11 is 6.22. The zero-order chi connectivity index (χ0) is 14.8. The van der Waals surface area contributed by atoms with E-state index in [0.29, 0.717) is 19.0 Å². The summed E-state index contributed by atoms with van der Waals surface area (Å²) in [6, 6.07) is 9.77. The molecule has 3 atom stereocenters. The second kappa shape index (κ2) is 6.46. The van der Waals surface area contributed by atoms with Crippen molar-refractivity contribution in [2.75, 3.05) is 18.8 Å². The smallest absolute Gasteiger partial charge is 0.212 e. The van der Waals surface area contributed by atoms with Gasteiger partial charge in [-0.3, -0.25) is 0 Å². The van der Waals surface area contributed by atoms with Crippen LogP contribution in [-0.4, -0.2) is 36.9 Å². The topological polar surface area (TPSA) is 37.4 Å². The van der Waals surface area contributed by atoms with Crippen LogP contribution in [0.4, 0.5) is 0 Å². The average molecular weight is 316 g/mol. The maximum absolute atomic E-state index is 12.5. The van der Waals surface area contributed by atoms with Gasteiger partial charge in [0.25, 0.3) is 0 Å². The molecule has 0 radical (unpaired) electrons. The zero-order valence-electron chi connectivity index (χ0n) is 12.0. The fraction of sp³-hybridized carbons (Fsp3) is 0.600.